The number of rotatable bonds is 6. The summed E-state index contributed by atoms with van der Waals surface area (Å²) in [6.45, 7) is 3.21. The fourth-order valence-electron chi connectivity index (χ4n) is 1.80. The van der Waals surface area contributed by atoms with Crippen LogP contribution in [0.3, 0.4) is 0 Å². The van der Waals surface area contributed by atoms with Crippen molar-refractivity contribution in [2.75, 3.05) is 13.2 Å². The molecule has 0 saturated heterocycles. The molecule has 0 fully saturated rings. The summed E-state index contributed by atoms with van der Waals surface area (Å²) in [5.74, 6) is 0.873. The normalized spacial score (nSPS) is 12.1. The topological polar surface area (TPSA) is 18.5 Å². The minimum absolute atomic E-state index is 0.0172. The summed E-state index contributed by atoms with van der Waals surface area (Å²) in [5, 5.41) is 0. The van der Waals surface area contributed by atoms with Gasteiger partial charge in [-0.25, -0.2) is 0 Å². The van der Waals surface area contributed by atoms with Crippen molar-refractivity contribution in [3.05, 3.63) is 66.2 Å². The molecular formula is C16H18O2. The van der Waals surface area contributed by atoms with Crippen molar-refractivity contribution in [3.63, 3.8) is 0 Å². The molecule has 94 valence electrons. The molecule has 0 spiro atoms. The van der Waals surface area contributed by atoms with Crippen LogP contribution >= 0.6 is 0 Å². The lowest BCUT2D eigenvalue weighted by atomic mass is 10.1. The van der Waals surface area contributed by atoms with E-state index in [9.17, 15) is 0 Å². The summed E-state index contributed by atoms with van der Waals surface area (Å²) in [6, 6.07) is 20.0. The Morgan fingerprint density at radius 1 is 0.889 bits per heavy atom. The smallest absolute Gasteiger partial charge is 0.119 e. The van der Waals surface area contributed by atoms with Crippen LogP contribution in [0.15, 0.2) is 60.7 Å². The lowest BCUT2D eigenvalue weighted by Gasteiger charge is -2.18. The summed E-state index contributed by atoms with van der Waals surface area (Å²) in [4.78, 5) is 0. The zero-order valence-corrected chi connectivity index (χ0v) is 10.6. The number of benzene rings is 2. The molecule has 0 aromatic heterocycles. The first-order valence-corrected chi connectivity index (χ1v) is 6.24. The van der Waals surface area contributed by atoms with Gasteiger partial charge in [0.05, 0.1) is 0 Å². The zero-order chi connectivity index (χ0) is 12.6. The summed E-state index contributed by atoms with van der Waals surface area (Å²) >= 11 is 0. The van der Waals surface area contributed by atoms with Crippen LogP contribution in [0.5, 0.6) is 5.75 Å². The van der Waals surface area contributed by atoms with Gasteiger partial charge in [-0.2, -0.15) is 0 Å². The Bertz CT molecular complexity index is 439. The maximum Gasteiger partial charge on any atom is 0.119 e. The molecule has 0 radical (unpaired) electrons. The third kappa shape index (κ3) is 3.60. The summed E-state index contributed by atoms with van der Waals surface area (Å²) in [7, 11) is 0. The molecule has 2 heteroatoms. The SMILES string of the molecule is CCO[C@H](COc1ccccc1)c1ccccc1. The van der Waals surface area contributed by atoms with Crippen molar-refractivity contribution in [1.29, 1.82) is 0 Å². The van der Waals surface area contributed by atoms with E-state index >= 15 is 0 Å². The molecule has 0 unspecified atom stereocenters. The van der Waals surface area contributed by atoms with Crippen LogP contribution in [0.2, 0.25) is 0 Å². The molecule has 0 N–H and O–H groups in total. The van der Waals surface area contributed by atoms with E-state index in [0.29, 0.717) is 13.2 Å². The minimum atomic E-state index is -0.0172. The van der Waals surface area contributed by atoms with Crippen molar-refractivity contribution in [2.45, 2.75) is 13.0 Å². The standard InChI is InChI=1S/C16H18O2/c1-2-17-16(14-9-5-3-6-10-14)13-18-15-11-7-4-8-12-15/h3-12,16H,2,13H2,1H3/t16-/m1/s1. The highest BCUT2D eigenvalue weighted by molar-refractivity contribution is 5.22. The van der Waals surface area contributed by atoms with Gasteiger partial charge in [0.1, 0.15) is 18.5 Å². The van der Waals surface area contributed by atoms with Crippen molar-refractivity contribution in [3.8, 4) is 5.75 Å². The molecule has 2 aromatic carbocycles. The van der Waals surface area contributed by atoms with Gasteiger partial charge in [-0.3, -0.25) is 0 Å². The lowest BCUT2D eigenvalue weighted by molar-refractivity contribution is 0.0266. The molecule has 0 aliphatic rings. The minimum Gasteiger partial charge on any atom is -0.491 e. The molecule has 2 nitrogen and oxygen atoms in total. The highest BCUT2D eigenvalue weighted by Crippen LogP contribution is 2.19. The highest BCUT2D eigenvalue weighted by atomic mass is 16.5. The van der Waals surface area contributed by atoms with Crippen LogP contribution in [0.1, 0.15) is 18.6 Å². The van der Waals surface area contributed by atoms with Gasteiger partial charge in [0.25, 0.3) is 0 Å². The molecule has 0 saturated carbocycles. The van der Waals surface area contributed by atoms with Gasteiger partial charge in [0, 0.05) is 6.61 Å². The third-order valence-electron chi connectivity index (χ3n) is 2.68. The van der Waals surface area contributed by atoms with E-state index in [2.05, 4.69) is 12.1 Å². The molecule has 0 amide bonds. The van der Waals surface area contributed by atoms with Crippen molar-refractivity contribution in [2.24, 2.45) is 0 Å². The van der Waals surface area contributed by atoms with Gasteiger partial charge >= 0.3 is 0 Å². The molecule has 2 aromatic rings. The maximum absolute atomic E-state index is 5.75. The number of hydrogen-bond donors (Lipinski definition) is 0. The van der Waals surface area contributed by atoms with E-state index in [-0.39, 0.29) is 6.10 Å². The summed E-state index contributed by atoms with van der Waals surface area (Å²) in [6.07, 6.45) is -0.0172. The Morgan fingerprint density at radius 2 is 1.50 bits per heavy atom. The molecule has 0 heterocycles. The predicted octanol–water partition coefficient (Wildman–Crippen LogP) is 3.84. The summed E-state index contributed by atoms with van der Waals surface area (Å²) in [5.41, 5.74) is 1.15. The number of ether oxygens (including phenoxy) is 2. The molecular weight excluding hydrogens is 224 g/mol. The largest absolute Gasteiger partial charge is 0.491 e. The highest BCUT2D eigenvalue weighted by Gasteiger charge is 2.11. The van der Waals surface area contributed by atoms with Crippen LogP contribution in [0.25, 0.3) is 0 Å². The monoisotopic (exact) mass is 242 g/mol. The average Bonchev–Trinajstić information content (AvgIpc) is 2.45. The Kier molecular flexibility index (Phi) is 4.79. The Morgan fingerprint density at radius 3 is 2.11 bits per heavy atom. The first-order chi connectivity index (χ1) is 8.90. The van der Waals surface area contributed by atoms with Crippen LogP contribution in [0.4, 0.5) is 0 Å². The van der Waals surface area contributed by atoms with Crippen LogP contribution in [-0.4, -0.2) is 13.2 Å². The van der Waals surface area contributed by atoms with Gasteiger partial charge in [-0.1, -0.05) is 48.5 Å². The van der Waals surface area contributed by atoms with Crippen molar-refractivity contribution in [1.82, 2.24) is 0 Å². The van der Waals surface area contributed by atoms with Gasteiger partial charge < -0.3 is 9.47 Å². The first kappa shape index (κ1) is 12.7. The molecule has 0 bridgehead atoms. The first-order valence-electron chi connectivity index (χ1n) is 6.24. The predicted molar refractivity (Wildman–Crippen MR) is 72.7 cm³/mol. The quantitative estimate of drug-likeness (QED) is 0.766. The Balaban J connectivity index is 1.99. The van der Waals surface area contributed by atoms with Gasteiger partial charge in [-0.05, 0) is 24.6 Å². The second-order valence-electron chi connectivity index (χ2n) is 3.98. The fourth-order valence-corrected chi connectivity index (χ4v) is 1.80. The molecule has 0 aliphatic carbocycles. The zero-order valence-electron chi connectivity index (χ0n) is 10.6. The molecule has 2 rings (SSSR count). The van der Waals surface area contributed by atoms with Gasteiger partial charge in [-0.15, -0.1) is 0 Å². The van der Waals surface area contributed by atoms with E-state index in [1.807, 2.05) is 55.5 Å². The maximum atomic E-state index is 5.75. The Labute approximate surface area is 108 Å². The van der Waals surface area contributed by atoms with Crippen LogP contribution in [-0.2, 0) is 4.74 Å². The van der Waals surface area contributed by atoms with Crippen molar-refractivity contribution >= 4 is 0 Å². The fraction of sp³-hybridized carbons (Fsp3) is 0.250. The van der Waals surface area contributed by atoms with Gasteiger partial charge in [0.15, 0.2) is 0 Å². The summed E-state index contributed by atoms with van der Waals surface area (Å²) < 4.78 is 11.5. The van der Waals surface area contributed by atoms with Crippen LogP contribution < -0.4 is 4.74 Å². The van der Waals surface area contributed by atoms with Gasteiger partial charge in [0.2, 0.25) is 0 Å². The third-order valence-corrected chi connectivity index (χ3v) is 2.68. The van der Waals surface area contributed by atoms with E-state index < -0.39 is 0 Å². The average molecular weight is 242 g/mol. The van der Waals surface area contributed by atoms with Crippen molar-refractivity contribution < 1.29 is 9.47 Å². The second kappa shape index (κ2) is 6.82. The Hall–Kier alpha value is -1.80. The lowest BCUT2D eigenvalue weighted by Crippen LogP contribution is -2.13. The number of hydrogen-bond acceptors (Lipinski definition) is 2. The molecule has 0 aliphatic heterocycles. The molecule has 1 atom stereocenters. The number of para-hydroxylation sites is 1. The van der Waals surface area contributed by atoms with Crippen LogP contribution in [0, 0.1) is 0 Å². The second-order valence-corrected chi connectivity index (χ2v) is 3.98. The van der Waals surface area contributed by atoms with E-state index in [4.69, 9.17) is 9.47 Å². The molecule has 18 heavy (non-hydrogen) atoms. The van der Waals surface area contributed by atoms with E-state index in [1.165, 1.54) is 0 Å². The van der Waals surface area contributed by atoms with E-state index in [1.54, 1.807) is 0 Å². The van der Waals surface area contributed by atoms with E-state index in [0.717, 1.165) is 11.3 Å².